The van der Waals surface area contributed by atoms with E-state index in [1.807, 2.05) is 0 Å². The largest absolute Gasteiger partial charge is 0.306 e. The molecular formula is C24H24FN5O3S2. The van der Waals surface area contributed by atoms with Crippen LogP contribution in [0.4, 0.5) is 10.2 Å². The van der Waals surface area contributed by atoms with Crippen LogP contribution in [0.5, 0.6) is 0 Å². The normalized spacial score (nSPS) is 15.3. The van der Waals surface area contributed by atoms with Crippen LogP contribution in [0.2, 0.25) is 0 Å². The number of halogens is 1. The first kappa shape index (κ1) is 23.6. The molecule has 11 heteroatoms. The van der Waals surface area contributed by atoms with Crippen molar-refractivity contribution in [1.82, 2.24) is 19.1 Å². The van der Waals surface area contributed by atoms with Crippen molar-refractivity contribution in [2.45, 2.75) is 37.5 Å². The number of hydrogen-bond acceptors (Lipinski definition) is 6. The van der Waals surface area contributed by atoms with E-state index in [4.69, 9.17) is 0 Å². The second-order valence-electron chi connectivity index (χ2n) is 8.46. The highest BCUT2D eigenvalue weighted by Gasteiger charge is 2.25. The summed E-state index contributed by atoms with van der Waals surface area (Å²) in [5.74, 6) is -0.458. The number of hydrogen-bond donors (Lipinski definition) is 1. The molecule has 0 spiro atoms. The van der Waals surface area contributed by atoms with Crippen LogP contribution in [-0.2, 0) is 10.0 Å². The summed E-state index contributed by atoms with van der Waals surface area (Å²) >= 11 is 1.26. The molecule has 0 atom stereocenters. The second kappa shape index (κ2) is 9.48. The van der Waals surface area contributed by atoms with Gasteiger partial charge in [-0.25, -0.2) is 17.8 Å². The molecule has 3 heterocycles. The lowest BCUT2D eigenvalue weighted by atomic mass is 10.2. The number of para-hydroxylation sites is 1. The highest BCUT2D eigenvalue weighted by Crippen LogP contribution is 2.29. The summed E-state index contributed by atoms with van der Waals surface area (Å²) in [6.45, 7) is 2.82. The topological polar surface area (TPSA) is 97.2 Å². The monoisotopic (exact) mass is 513 g/mol. The quantitative estimate of drug-likeness (QED) is 0.416. The van der Waals surface area contributed by atoms with E-state index < -0.39 is 21.7 Å². The summed E-state index contributed by atoms with van der Waals surface area (Å²) < 4.78 is 43.8. The number of sulfonamides is 1. The molecule has 8 nitrogen and oxygen atoms in total. The number of fused-ring (bicyclic) bond motifs is 1. The van der Waals surface area contributed by atoms with Crippen molar-refractivity contribution in [2.24, 2.45) is 0 Å². The minimum absolute atomic E-state index is 0.174. The first-order valence-electron chi connectivity index (χ1n) is 11.4. The summed E-state index contributed by atoms with van der Waals surface area (Å²) in [5.41, 5.74) is 1.21. The highest BCUT2D eigenvalue weighted by atomic mass is 32.2. The molecule has 1 N–H and O–H groups in total. The number of thiazole rings is 1. The zero-order valence-corrected chi connectivity index (χ0v) is 20.7. The smallest absolute Gasteiger partial charge is 0.256 e. The Morgan fingerprint density at radius 2 is 1.77 bits per heavy atom. The van der Waals surface area contributed by atoms with Crippen LogP contribution in [0.1, 0.15) is 41.7 Å². The Morgan fingerprint density at radius 1 is 1.06 bits per heavy atom. The Balaban J connectivity index is 1.37. The van der Waals surface area contributed by atoms with Crippen LogP contribution in [0.25, 0.3) is 15.3 Å². The number of carbonyl (C=O) groups excluding carboxylic acids is 1. The second-order valence-corrected chi connectivity index (χ2v) is 11.4. The van der Waals surface area contributed by atoms with Crippen molar-refractivity contribution >= 4 is 43.3 Å². The maximum absolute atomic E-state index is 14.1. The molecule has 5 rings (SSSR count). The average Bonchev–Trinajstić information content (AvgIpc) is 3.31. The Bertz CT molecular complexity index is 1490. The molecule has 0 saturated carbocycles. The minimum atomic E-state index is -3.59. The van der Waals surface area contributed by atoms with Crippen LogP contribution in [0.3, 0.4) is 0 Å². The minimum Gasteiger partial charge on any atom is -0.306 e. The number of carbonyl (C=O) groups is 1. The van der Waals surface area contributed by atoms with Crippen molar-refractivity contribution in [3.63, 3.8) is 0 Å². The fourth-order valence-corrected chi connectivity index (χ4v) is 6.59. The molecule has 0 bridgehead atoms. The molecule has 1 aliphatic rings. The predicted molar refractivity (Wildman–Crippen MR) is 133 cm³/mol. The first-order valence-corrected chi connectivity index (χ1v) is 13.6. The maximum Gasteiger partial charge on any atom is 0.256 e. The summed E-state index contributed by atoms with van der Waals surface area (Å²) in [4.78, 5) is 17.5. The molecule has 1 saturated heterocycles. The number of rotatable bonds is 5. The van der Waals surface area contributed by atoms with Crippen LogP contribution in [-0.4, -0.2) is 46.5 Å². The summed E-state index contributed by atoms with van der Waals surface area (Å²) in [5, 5.41) is 7.63. The van der Waals surface area contributed by atoms with Gasteiger partial charge in [-0.15, -0.1) is 0 Å². The third-order valence-electron chi connectivity index (χ3n) is 5.93. The Kier molecular flexibility index (Phi) is 6.39. The number of nitrogens with one attached hydrogen (secondary N) is 1. The SMILES string of the molecule is Cc1cc(NC(=O)c2ccc(S(=O)(=O)N3CCCCCC3)cc2)n(-c2nc3c(F)cccc3s2)n1. The Labute approximate surface area is 206 Å². The molecule has 4 aromatic rings. The zero-order valence-electron chi connectivity index (χ0n) is 19.1. The highest BCUT2D eigenvalue weighted by molar-refractivity contribution is 7.89. The fraction of sp³-hybridized carbons (Fsp3) is 0.292. The van der Waals surface area contributed by atoms with Gasteiger partial charge in [-0.2, -0.15) is 14.1 Å². The van der Waals surface area contributed by atoms with Crippen molar-refractivity contribution in [1.29, 1.82) is 0 Å². The Hall–Kier alpha value is -3.15. The lowest BCUT2D eigenvalue weighted by Crippen LogP contribution is -2.31. The standard InChI is InChI=1S/C24H24FN5O3S2/c1-16-15-21(30(28-16)24-27-22-19(25)7-6-8-20(22)34-24)26-23(31)17-9-11-18(12-10-17)35(32,33)29-13-4-2-3-5-14-29/h6-12,15H,2-5,13-14H2,1H3,(H,26,31). The lowest BCUT2D eigenvalue weighted by molar-refractivity contribution is 0.102. The molecular weight excluding hydrogens is 489 g/mol. The van der Waals surface area contributed by atoms with Gasteiger partial charge in [0.15, 0.2) is 0 Å². The molecule has 2 aromatic carbocycles. The van der Waals surface area contributed by atoms with Crippen molar-refractivity contribution in [3.8, 4) is 5.13 Å². The zero-order chi connectivity index (χ0) is 24.6. The summed E-state index contributed by atoms with van der Waals surface area (Å²) in [6, 6.07) is 12.4. The predicted octanol–water partition coefficient (Wildman–Crippen LogP) is 4.75. The van der Waals surface area contributed by atoms with E-state index in [1.165, 1.54) is 50.7 Å². The van der Waals surface area contributed by atoms with Gasteiger partial charge in [-0.05, 0) is 56.2 Å². The van der Waals surface area contributed by atoms with Crippen LogP contribution in [0.15, 0.2) is 53.4 Å². The molecule has 1 amide bonds. The molecule has 0 aliphatic carbocycles. The van der Waals surface area contributed by atoms with E-state index in [-0.39, 0.29) is 10.4 Å². The van der Waals surface area contributed by atoms with Gasteiger partial charge in [-0.3, -0.25) is 4.79 Å². The van der Waals surface area contributed by atoms with Crippen LogP contribution in [0, 0.1) is 12.7 Å². The van der Waals surface area contributed by atoms with Gasteiger partial charge in [0.25, 0.3) is 5.91 Å². The van der Waals surface area contributed by atoms with E-state index in [0.29, 0.717) is 40.0 Å². The molecule has 2 aromatic heterocycles. The van der Waals surface area contributed by atoms with Crippen LogP contribution >= 0.6 is 11.3 Å². The number of anilines is 1. The number of nitrogens with zero attached hydrogens (tertiary/aromatic N) is 4. The van der Waals surface area contributed by atoms with Gasteiger partial charge < -0.3 is 5.32 Å². The van der Waals surface area contributed by atoms with Crippen LogP contribution < -0.4 is 5.32 Å². The van der Waals surface area contributed by atoms with Gasteiger partial charge in [-0.1, -0.05) is 30.2 Å². The van der Waals surface area contributed by atoms with E-state index in [2.05, 4.69) is 15.4 Å². The third-order valence-corrected chi connectivity index (χ3v) is 8.84. The van der Waals surface area contributed by atoms with Crippen molar-refractivity contribution < 1.29 is 17.6 Å². The summed E-state index contributed by atoms with van der Waals surface area (Å²) in [6.07, 6.45) is 3.78. The molecule has 0 radical (unpaired) electrons. The van der Waals surface area contributed by atoms with E-state index in [0.717, 1.165) is 25.7 Å². The first-order chi connectivity index (χ1) is 16.8. The lowest BCUT2D eigenvalue weighted by Gasteiger charge is -2.20. The van der Waals surface area contributed by atoms with Gasteiger partial charge in [0.05, 0.1) is 15.3 Å². The van der Waals surface area contributed by atoms with Crippen molar-refractivity contribution in [2.75, 3.05) is 18.4 Å². The third kappa shape index (κ3) is 4.71. The van der Waals surface area contributed by atoms with Gasteiger partial charge in [0.1, 0.15) is 17.2 Å². The summed E-state index contributed by atoms with van der Waals surface area (Å²) in [7, 11) is -3.59. The fourth-order valence-electron chi connectivity index (χ4n) is 4.13. The molecule has 1 aliphatic heterocycles. The Morgan fingerprint density at radius 3 is 2.46 bits per heavy atom. The maximum atomic E-state index is 14.1. The number of aryl methyl sites for hydroxylation is 1. The van der Waals surface area contributed by atoms with Gasteiger partial charge in [0.2, 0.25) is 15.2 Å². The van der Waals surface area contributed by atoms with Gasteiger partial charge in [0, 0.05) is 24.7 Å². The van der Waals surface area contributed by atoms with E-state index in [1.54, 1.807) is 25.1 Å². The van der Waals surface area contributed by atoms with Gasteiger partial charge >= 0.3 is 0 Å². The molecule has 35 heavy (non-hydrogen) atoms. The average molecular weight is 514 g/mol. The molecule has 0 unspecified atom stereocenters. The number of aromatic nitrogens is 3. The van der Waals surface area contributed by atoms with Crippen molar-refractivity contribution in [3.05, 3.63) is 65.6 Å². The van der Waals surface area contributed by atoms with E-state index in [9.17, 15) is 17.6 Å². The number of amides is 1. The van der Waals surface area contributed by atoms with E-state index >= 15 is 0 Å². The molecule has 182 valence electrons. The molecule has 1 fully saturated rings. The number of benzene rings is 2.